The predicted octanol–water partition coefficient (Wildman–Crippen LogP) is 7.08. The number of carboxylic acid groups (broad SMARTS) is 1. The van der Waals surface area contributed by atoms with Gasteiger partial charge in [0.2, 0.25) is 0 Å². The number of carbonyl (C=O) groups is 1. The molecule has 2 nitrogen and oxygen atoms in total. The molecule has 0 spiro atoms. The molecule has 0 aliphatic heterocycles. The van der Waals surface area contributed by atoms with Crippen molar-refractivity contribution < 1.29 is 9.90 Å². The van der Waals surface area contributed by atoms with E-state index < -0.39 is 5.97 Å². The van der Waals surface area contributed by atoms with Gasteiger partial charge in [-0.25, -0.2) is 0 Å². The number of unbranched alkanes of at least 4 members (excludes halogenated alkanes) is 5. The van der Waals surface area contributed by atoms with E-state index in [0.717, 1.165) is 37.5 Å². The zero-order valence-electron chi connectivity index (χ0n) is 16.2. The van der Waals surface area contributed by atoms with Gasteiger partial charge in [0.05, 0.1) is 0 Å². The first kappa shape index (κ1) is 21.7. The van der Waals surface area contributed by atoms with Gasteiger partial charge in [0, 0.05) is 6.42 Å². The first-order chi connectivity index (χ1) is 12.2. The van der Waals surface area contributed by atoms with E-state index in [1.54, 1.807) is 0 Å². The van der Waals surface area contributed by atoms with E-state index in [4.69, 9.17) is 5.11 Å². The molecule has 1 saturated carbocycles. The molecule has 1 N–H and O–H groups in total. The number of allylic oxidation sites excluding steroid dienone is 6. The number of hydrogen-bond donors (Lipinski definition) is 1. The second kappa shape index (κ2) is 15.0. The van der Waals surface area contributed by atoms with Crippen LogP contribution in [0.5, 0.6) is 0 Å². The average Bonchev–Trinajstić information content (AvgIpc) is 3.42. The minimum Gasteiger partial charge on any atom is -0.481 e. The molecular formula is C23H38O2. The number of hydrogen-bond acceptors (Lipinski definition) is 1. The third kappa shape index (κ3) is 13.6. The van der Waals surface area contributed by atoms with Crippen LogP contribution in [-0.2, 0) is 4.79 Å². The maximum absolute atomic E-state index is 10.4. The lowest BCUT2D eigenvalue weighted by atomic mass is 9.95. The van der Waals surface area contributed by atoms with E-state index in [2.05, 4.69) is 43.4 Å². The summed E-state index contributed by atoms with van der Waals surface area (Å²) in [7, 11) is 0. The summed E-state index contributed by atoms with van der Waals surface area (Å²) in [5.41, 5.74) is 0. The molecule has 2 heteroatoms. The zero-order valence-corrected chi connectivity index (χ0v) is 16.2. The van der Waals surface area contributed by atoms with E-state index in [-0.39, 0.29) is 6.42 Å². The van der Waals surface area contributed by atoms with E-state index >= 15 is 0 Å². The molecule has 0 radical (unpaired) electrons. The summed E-state index contributed by atoms with van der Waals surface area (Å²) in [6, 6.07) is 0. The molecular weight excluding hydrogens is 308 g/mol. The highest BCUT2D eigenvalue weighted by Crippen LogP contribution is 2.40. The highest BCUT2D eigenvalue weighted by molar-refractivity contribution is 5.66. The van der Waals surface area contributed by atoms with Crippen LogP contribution in [0.2, 0.25) is 0 Å². The SMILES string of the molecule is CCCCC/C=C\CC(C/C=C/CC/C=C\CCCC(=O)O)C1CC1. The van der Waals surface area contributed by atoms with E-state index in [1.165, 1.54) is 51.4 Å². The zero-order chi connectivity index (χ0) is 18.2. The summed E-state index contributed by atoms with van der Waals surface area (Å²) in [5, 5.41) is 8.57. The standard InChI is InChI=1S/C23H38O2/c1-2-3-4-5-10-13-16-21(22-19-20-22)17-14-11-8-6-7-9-12-15-18-23(24)25/h7,9-11,13-14,21-22H,2-6,8,12,15-20H2,1H3,(H,24,25)/b9-7-,13-10-,14-11+. The molecule has 25 heavy (non-hydrogen) atoms. The Kier molecular flexibility index (Phi) is 13.0. The van der Waals surface area contributed by atoms with Crippen LogP contribution in [0.1, 0.15) is 90.4 Å². The molecule has 1 aliphatic carbocycles. The second-order valence-electron chi connectivity index (χ2n) is 7.34. The first-order valence-corrected chi connectivity index (χ1v) is 10.4. The molecule has 0 aromatic heterocycles. The molecule has 1 atom stereocenters. The Hall–Kier alpha value is -1.31. The van der Waals surface area contributed by atoms with Gasteiger partial charge < -0.3 is 5.11 Å². The van der Waals surface area contributed by atoms with Gasteiger partial charge in [-0.15, -0.1) is 0 Å². The normalized spacial score (nSPS) is 16.4. The van der Waals surface area contributed by atoms with Crippen LogP contribution in [0, 0.1) is 11.8 Å². The van der Waals surface area contributed by atoms with Crippen LogP contribution < -0.4 is 0 Å². The maximum Gasteiger partial charge on any atom is 0.303 e. The van der Waals surface area contributed by atoms with Crippen molar-refractivity contribution in [2.75, 3.05) is 0 Å². The highest BCUT2D eigenvalue weighted by Gasteiger charge is 2.29. The molecule has 1 rings (SSSR count). The van der Waals surface area contributed by atoms with Crippen LogP contribution in [0.25, 0.3) is 0 Å². The Labute approximate surface area is 155 Å². The lowest BCUT2D eigenvalue weighted by molar-refractivity contribution is -0.137. The van der Waals surface area contributed by atoms with Crippen molar-refractivity contribution in [2.45, 2.75) is 90.4 Å². The fraction of sp³-hybridized carbons (Fsp3) is 0.696. The van der Waals surface area contributed by atoms with Crippen molar-refractivity contribution in [3.05, 3.63) is 36.5 Å². The summed E-state index contributed by atoms with van der Waals surface area (Å²) in [5.74, 6) is 1.13. The Morgan fingerprint density at radius 3 is 2.04 bits per heavy atom. The van der Waals surface area contributed by atoms with Gasteiger partial charge in [0.1, 0.15) is 0 Å². The molecule has 0 heterocycles. The number of aliphatic carboxylic acids is 1. The summed E-state index contributed by atoms with van der Waals surface area (Å²) in [4.78, 5) is 10.4. The lowest BCUT2D eigenvalue weighted by Gasteiger charge is -2.11. The molecule has 0 aromatic carbocycles. The Balaban J connectivity index is 2.06. The van der Waals surface area contributed by atoms with Crippen LogP contribution in [0.4, 0.5) is 0 Å². The monoisotopic (exact) mass is 346 g/mol. The molecule has 0 saturated heterocycles. The van der Waals surface area contributed by atoms with Crippen LogP contribution in [0.15, 0.2) is 36.5 Å². The molecule has 0 amide bonds. The van der Waals surface area contributed by atoms with E-state index in [9.17, 15) is 4.79 Å². The van der Waals surface area contributed by atoms with Crippen molar-refractivity contribution in [1.82, 2.24) is 0 Å². The average molecular weight is 347 g/mol. The van der Waals surface area contributed by atoms with Crippen LogP contribution >= 0.6 is 0 Å². The van der Waals surface area contributed by atoms with Gasteiger partial charge in [-0.3, -0.25) is 4.79 Å². The van der Waals surface area contributed by atoms with Crippen LogP contribution in [0.3, 0.4) is 0 Å². The van der Waals surface area contributed by atoms with Gasteiger partial charge in [0.15, 0.2) is 0 Å². The smallest absolute Gasteiger partial charge is 0.303 e. The van der Waals surface area contributed by atoms with Crippen molar-refractivity contribution in [1.29, 1.82) is 0 Å². The Morgan fingerprint density at radius 2 is 1.44 bits per heavy atom. The molecule has 0 bridgehead atoms. The minimum atomic E-state index is -0.697. The van der Waals surface area contributed by atoms with Crippen molar-refractivity contribution >= 4 is 5.97 Å². The molecule has 0 aromatic rings. The third-order valence-electron chi connectivity index (χ3n) is 4.90. The largest absolute Gasteiger partial charge is 0.481 e. The van der Waals surface area contributed by atoms with Gasteiger partial charge in [-0.1, -0.05) is 56.2 Å². The molecule has 1 unspecified atom stereocenters. The van der Waals surface area contributed by atoms with Crippen molar-refractivity contribution in [2.24, 2.45) is 11.8 Å². The van der Waals surface area contributed by atoms with Gasteiger partial charge in [0.25, 0.3) is 0 Å². The summed E-state index contributed by atoms with van der Waals surface area (Å²) < 4.78 is 0. The molecule has 142 valence electrons. The summed E-state index contributed by atoms with van der Waals surface area (Å²) in [6.07, 6.45) is 28.5. The summed E-state index contributed by atoms with van der Waals surface area (Å²) >= 11 is 0. The summed E-state index contributed by atoms with van der Waals surface area (Å²) in [6.45, 7) is 2.26. The fourth-order valence-electron chi connectivity index (χ4n) is 3.14. The number of carboxylic acids is 1. The van der Waals surface area contributed by atoms with E-state index in [0.29, 0.717) is 0 Å². The number of rotatable bonds is 16. The first-order valence-electron chi connectivity index (χ1n) is 10.4. The fourth-order valence-corrected chi connectivity index (χ4v) is 3.14. The van der Waals surface area contributed by atoms with Gasteiger partial charge in [-0.05, 0) is 76.0 Å². The Morgan fingerprint density at radius 1 is 0.880 bits per heavy atom. The quantitative estimate of drug-likeness (QED) is 0.239. The topological polar surface area (TPSA) is 37.3 Å². The van der Waals surface area contributed by atoms with Crippen molar-refractivity contribution in [3.8, 4) is 0 Å². The Bertz CT molecular complexity index is 416. The van der Waals surface area contributed by atoms with Crippen molar-refractivity contribution in [3.63, 3.8) is 0 Å². The maximum atomic E-state index is 10.4. The van der Waals surface area contributed by atoms with Crippen LogP contribution in [-0.4, -0.2) is 11.1 Å². The molecule has 1 aliphatic rings. The van der Waals surface area contributed by atoms with E-state index in [1.807, 2.05) is 0 Å². The second-order valence-corrected chi connectivity index (χ2v) is 7.34. The van der Waals surface area contributed by atoms with Gasteiger partial charge >= 0.3 is 5.97 Å². The van der Waals surface area contributed by atoms with Gasteiger partial charge in [-0.2, -0.15) is 0 Å². The predicted molar refractivity (Wildman–Crippen MR) is 108 cm³/mol. The highest BCUT2D eigenvalue weighted by atomic mass is 16.4. The third-order valence-corrected chi connectivity index (χ3v) is 4.90. The minimum absolute atomic E-state index is 0.278. The molecule has 1 fully saturated rings. The lowest BCUT2D eigenvalue weighted by Crippen LogP contribution is -1.99.